The predicted molar refractivity (Wildman–Crippen MR) is 130 cm³/mol. The second-order valence-electron chi connectivity index (χ2n) is 9.10. The topological polar surface area (TPSA) is 70.0 Å². The van der Waals surface area contributed by atoms with Crippen molar-refractivity contribution in [2.24, 2.45) is 0 Å². The Kier molecular flexibility index (Phi) is 5.31. The van der Waals surface area contributed by atoms with Gasteiger partial charge in [0.15, 0.2) is 17.5 Å². The van der Waals surface area contributed by atoms with Crippen LogP contribution >= 0.6 is 0 Å². The van der Waals surface area contributed by atoms with Crippen LogP contribution in [-0.4, -0.2) is 38.3 Å². The van der Waals surface area contributed by atoms with E-state index in [9.17, 15) is 0 Å². The van der Waals surface area contributed by atoms with Gasteiger partial charge in [-0.2, -0.15) is 0 Å². The fourth-order valence-electron chi connectivity index (χ4n) is 3.62. The summed E-state index contributed by atoms with van der Waals surface area (Å²) in [7, 11) is -0.557. The van der Waals surface area contributed by atoms with Crippen LogP contribution in [0.15, 0.2) is 79.0 Å². The first-order valence-corrected chi connectivity index (χ1v) is 11.0. The molecule has 164 valence electrons. The van der Waals surface area contributed by atoms with Crippen molar-refractivity contribution >= 4 is 12.7 Å². The summed E-state index contributed by atoms with van der Waals surface area (Å²) in [4.78, 5) is 18.9. The Morgan fingerprint density at radius 1 is 0.606 bits per heavy atom. The summed E-state index contributed by atoms with van der Waals surface area (Å²) in [5.41, 5.74) is 2.49. The predicted octanol–water partition coefficient (Wildman–Crippen LogP) is 4.57. The molecule has 0 aliphatic carbocycles. The first-order chi connectivity index (χ1) is 15.8. The van der Waals surface area contributed by atoms with Crippen LogP contribution in [0.5, 0.6) is 0 Å². The second kappa shape index (κ2) is 8.17. The Morgan fingerprint density at radius 3 is 1.55 bits per heavy atom. The van der Waals surface area contributed by atoms with Crippen LogP contribution in [0.3, 0.4) is 0 Å². The largest absolute Gasteiger partial charge is 0.514 e. The van der Waals surface area contributed by atoms with Crippen LogP contribution in [0.2, 0.25) is 0 Å². The van der Waals surface area contributed by atoms with Crippen LogP contribution in [0.1, 0.15) is 27.7 Å². The van der Waals surface area contributed by atoms with E-state index in [1.165, 1.54) is 0 Å². The molecule has 0 radical (unpaired) electrons. The maximum atomic E-state index is 6.19. The third-order valence-corrected chi connectivity index (χ3v) is 6.23. The Hall–Kier alpha value is -3.42. The van der Waals surface area contributed by atoms with Gasteiger partial charge in [-0.1, -0.05) is 60.7 Å². The summed E-state index contributed by atoms with van der Waals surface area (Å²) in [6.45, 7) is 8.12. The highest BCUT2D eigenvalue weighted by molar-refractivity contribution is 6.61. The van der Waals surface area contributed by atoms with E-state index in [0.717, 1.165) is 16.7 Å². The van der Waals surface area contributed by atoms with Crippen LogP contribution in [0.4, 0.5) is 0 Å². The molecule has 0 saturated carbocycles. The number of nitrogens with zero attached hydrogens (tertiary/aromatic N) is 4. The minimum Gasteiger partial charge on any atom is -0.398 e. The van der Waals surface area contributed by atoms with Crippen molar-refractivity contribution in [3.8, 4) is 34.2 Å². The molecule has 0 N–H and O–H groups in total. The lowest BCUT2D eigenvalue weighted by atomic mass is 9.83. The number of pyridine rings is 1. The zero-order valence-corrected chi connectivity index (χ0v) is 19.2. The Bertz CT molecular complexity index is 1210. The maximum Gasteiger partial charge on any atom is 0.514 e. The van der Waals surface area contributed by atoms with Gasteiger partial charge >= 0.3 is 7.12 Å². The zero-order chi connectivity index (χ0) is 23.1. The minimum atomic E-state index is -0.557. The normalized spacial score (nSPS) is 16.7. The highest BCUT2D eigenvalue weighted by atomic mass is 16.7. The lowest BCUT2D eigenvalue weighted by Crippen LogP contribution is -2.41. The molecular formula is C26H25BN4O2. The van der Waals surface area contributed by atoms with E-state index < -0.39 is 18.3 Å². The molecule has 2 aromatic carbocycles. The molecular weight excluding hydrogens is 411 g/mol. The number of benzene rings is 2. The standard InChI is InChI=1S/C26H25BN4O2/c1-25(2)26(3,4)33-27(32-25)21-17-20(15-16-28-21)24-30-22(18-11-7-5-8-12-18)29-23(31-24)19-13-9-6-10-14-19/h5-17H,1-4H3. The van der Waals surface area contributed by atoms with Crippen molar-refractivity contribution in [3.63, 3.8) is 0 Å². The van der Waals surface area contributed by atoms with Gasteiger partial charge in [0.05, 0.1) is 16.8 Å². The minimum absolute atomic E-state index is 0.441. The van der Waals surface area contributed by atoms with Crippen molar-refractivity contribution in [3.05, 3.63) is 79.0 Å². The smallest absolute Gasteiger partial charge is 0.398 e. The van der Waals surface area contributed by atoms with Gasteiger partial charge in [-0.15, -0.1) is 0 Å². The summed E-state index contributed by atoms with van der Waals surface area (Å²) in [5, 5.41) is 0. The SMILES string of the molecule is CC1(C)OB(c2cc(-c3nc(-c4ccccc4)nc(-c4ccccc4)n3)ccn2)OC1(C)C. The lowest BCUT2D eigenvalue weighted by Gasteiger charge is -2.32. The number of hydrogen-bond acceptors (Lipinski definition) is 6. The molecule has 5 rings (SSSR count). The molecule has 4 aromatic rings. The first-order valence-electron chi connectivity index (χ1n) is 11.0. The molecule has 1 aliphatic rings. The molecule has 7 heteroatoms. The molecule has 0 spiro atoms. The molecule has 2 aromatic heterocycles. The van der Waals surface area contributed by atoms with Gasteiger partial charge in [0.2, 0.25) is 0 Å². The summed E-state index contributed by atoms with van der Waals surface area (Å²) in [6.07, 6.45) is 1.74. The van der Waals surface area contributed by atoms with Gasteiger partial charge in [0, 0.05) is 22.9 Å². The third-order valence-electron chi connectivity index (χ3n) is 6.23. The van der Waals surface area contributed by atoms with E-state index in [1.807, 2.05) is 100 Å². The summed E-state index contributed by atoms with van der Waals surface area (Å²) < 4.78 is 12.4. The van der Waals surface area contributed by atoms with E-state index in [0.29, 0.717) is 23.1 Å². The average Bonchev–Trinajstić information content (AvgIpc) is 3.07. The average molecular weight is 436 g/mol. The fraction of sp³-hybridized carbons (Fsp3) is 0.231. The zero-order valence-electron chi connectivity index (χ0n) is 19.2. The Balaban J connectivity index is 1.59. The third kappa shape index (κ3) is 4.17. The van der Waals surface area contributed by atoms with E-state index in [4.69, 9.17) is 24.3 Å². The van der Waals surface area contributed by atoms with Crippen LogP contribution in [0, 0.1) is 0 Å². The highest BCUT2D eigenvalue weighted by Crippen LogP contribution is 2.36. The molecule has 1 saturated heterocycles. The van der Waals surface area contributed by atoms with Crippen LogP contribution in [0.25, 0.3) is 34.2 Å². The summed E-state index contributed by atoms with van der Waals surface area (Å²) >= 11 is 0. The number of rotatable bonds is 4. The van der Waals surface area contributed by atoms with E-state index in [1.54, 1.807) is 6.20 Å². The fourth-order valence-corrected chi connectivity index (χ4v) is 3.62. The van der Waals surface area contributed by atoms with Gasteiger partial charge in [-0.3, -0.25) is 4.98 Å². The van der Waals surface area contributed by atoms with Gasteiger partial charge in [0.1, 0.15) is 0 Å². The van der Waals surface area contributed by atoms with Gasteiger partial charge in [-0.05, 0) is 39.8 Å². The molecule has 0 bridgehead atoms. The quantitative estimate of drug-likeness (QED) is 0.437. The Morgan fingerprint density at radius 2 is 1.06 bits per heavy atom. The molecule has 3 heterocycles. The number of aromatic nitrogens is 4. The van der Waals surface area contributed by atoms with Gasteiger partial charge in [-0.25, -0.2) is 15.0 Å². The van der Waals surface area contributed by atoms with E-state index in [2.05, 4.69) is 4.98 Å². The molecule has 1 fully saturated rings. The summed E-state index contributed by atoms with van der Waals surface area (Å²) in [5.74, 6) is 1.81. The molecule has 0 amide bonds. The molecule has 6 nitrogen and oxygen atoms in total. The number of hydrogen-bond donors (Lipinski definition) is 0. The van der Waals surface area contributed by atoms with Crippen molar-refractivity contribution in [2.45, 2.75) is 38.9 Å². The lowest BCUT2D eigenvalue weighted by molar-refractivity contribution is 0.00578. The van der Waals surface area contributed by atoms with Crippen molar-refractivity contribution < 1.29 is 9.31 Å². The second-order valence-corrected chi connectivity index (χ2v) is 9.10. The highest BCUT2D eigenvalue weighted by Gasteiger charge is 2.52. The molecule has 0 unspecified atom stereocenters. The molecule has 0 atom stereocenters. The molecule has 33 heavy (non-hydrogen) atoms. The van der Waals surface area contributed by atoms with Crippen LogP contribution < -0.4 is 5.59 Å². The Labute approximate surface area is 194 Å². The van der Waals surface area contributed by atoms with Gasteiger partial charge in [0.25, 0.3) is 0 Å². The van der Waals surface area contributed by atoms with Crippen molar-refractivity contribution in [1.82, 2.24) is 19.9 Å². The van der Waals surface area contributed by atoms with E-state index >= 15 is 0 Å². The summed E-state index contributed by atoms with van der Waals surface area (Å²) in [6, 6.07) is 23.7. The maximum absolute atomic E-state index is 6.19. The van der Waals surface area contributed by atoms with Gasteiger partial charge < -0.3 is 9.31 Å². The van der Waals surface area contributed by atoms with Crippen LogP contribution in [-0.2, 0) is 9.31 Å². The van der Waals surface area contributed by atoms with E-state index in [-0.39, 0.29) is 0 Å². The van der Waals surface area contributed by atoms with Crippen molar-refractivity contribution in [2.75, 3.05) is 0 Å². The first kappa shape index (κ1) is 21.4. The van der Waals surface area contributed by atoms with Crippen molar-refractivity contribution in [1.29, 1.82) is 0 Å². The monoisotopic (exact) mass is 436 g/mol. The molecule has 1 aliphatic heterocycles.